The van der Waals surface area contributed by atoms with Crippen molar-refractivity contribution >= 4 is 11.8 Å². The molecule has 32 heavy (non-hydrogen) atoms. The van der Waals surface area contributed by atoms with E-state index < -0.39 is 0 Å². The molecular weight excluding hydrogens is 410 g/mol. The number of benzene rings is 2. The first-order valence-electron chi connectivity index (χ1n) is 11.6. The molecule has 2 aromatic carbocycles. The zero-order chi connectivity index (χ0) is 23.0. The molecule has 0 saturated carbocycles. The SMILES string of the molecule is O=C(NCCCCCCCCCCCCNC(=O)c1ccc(F)cc1)c1ccc(F)cc1. The molecule has 0 unspecified atom stereocenters. The molecule has 0 aliphatic heterocycles. The Hall–Kier alpha value is -2.76. The predicted octanol–water partition coefficient (Wildman–Crippen LogP) is 6.03. The zero-order valence-corrected chi connectivity index (χ0v) is 18.7. The number of carbonyl (C=O) groups excluding carboxylic acids is 2. The van der Waals surface area contributed by atoms with E-state index in [1.54, 1.807) is 0 Å². The molecule has 2 amide bonds. The van der Waals surface area contributed by atoms with E-state index in [1.807, 2.05) is 0 Å². The quantitative estimate of drug-likeness (QED) is 0.330. The van der Waals surface area contributed by atoms with Crippen molar-refractivity contribution in [3.05, 3.63) is 71.3 Å². The van der Waals surface area contributed by atoms with Gasteiger partial charge in [-0.15, -0.1) is 0 Å². The summed E-state index contributed by atoms with van der Waals surface area (Å²) < 4.78 is 25.7. The minimum absolute atomic E-state index is 0.153. The second-order valence-electron chi connectivity index (χ2n) is 8.06. The molecule has 0 saturated heterocycles. The molecule has 2 rings (SSSR count). The Balaban J connectivity index is 1.34. The summed E-state index contributed by atoms with van der Waals surface area (Å²) in [5.74, 6) is -0.984. The molecule has 0 bridgehead atoms. The molecule has 0 spiro atoms. The zero-order valence-electron chi connectivity index (χ0n) is 18.7. The van der Waals surface area contributed by atoms with Crippen molar-refractivity contribution in [3.8, 4) is 0 Å². The van der Waals surface area contributed by atoms with Gasteiger partial charge in [-0.25, -0.2) is 8.78 Å². The van der Waals surface area contributed by atoms with E-state index in [1.165, 1.54) is 87.1 Å². The van der Waals surface area contributed by atoms with Gasteiger partial charge in [-0.05, 0) is 61.4 Å². The molecule has 2 aromatic rings. The maximum atomic E-state index is 12.9. The van der Waals surface area contributed by atoms with Crippen molar-refractivity contribution in [2.24, 2.45) is 0 Å². The molecule has 0 fully saturated rings. The van der Waals surface area contributed by atoms with Crippen molar-refractivity contribution in [1.29, 1.82) is 0 Å². The summed E-state index contributed by atoms with van der Waals surface area (Å²) >= 11 is 0. The molecule has 0 aliphatic rings. The van der Waals surface area contributed by atoms with Crippen LogP contribution in [0.1, 0.15) is 84.9 Å². The minimum Gasteiger partial charge on any atom is -0.352 e. The van der Waals surface area contributed by atoms with Gasteiger partial charge in [0.05, 0.1) is 0 Å². The van der Waals surface area contributed by atoms with Gasteiger partial charge >= 0.3 is 0 Å². The van der Waals surface area contributed by atoms with Gasteiger partial charge < -0.3 is 10.6 Å². The van der Waals surface area contributed by atoms with Crippen LogP contribution >= 0.6 is 0 Å². The van der Waals surface area contributed by atoms with E-state index in [9.17, 15) is 18.4 Å². The van der Waals surface area contributed by atoms with Crippen molar-refractivity contribution < 1.29 is 18.4 Å². The molecule has 0 radical (unpaired) electrons. The highest BCUT2D eigenvalue weighted by molar-refractivity contribution is 5.94. The lowest BCUT2D eigenvalue weighted by Crippen LogP contribution is -2.24. The fourth-order valence-corrected chi connectivity index (χ4v) is 3.47. The highest BCUT2D eigenvalue weighted by atomic mass is 19.1. The van der Waals surface area contributed by atoms with Crippen LogP contribution in [0.4, 0.5) is 8.78 Å². The van der Waals surface area contributed by atoms with E-state index in [2.05, 4.69) is 10.6 Å². The summed E-state index contributed by atoms with van der Waals surface area (Å²) in [5, 5.41) is 5.74. The topological polar surface area (TPSA) is 58.2 Å². The number of halogens is 2. The Labute approximate surface area is 189 Å². The number of nitrogens with one attached hydrogen (secondary N) is 2. The Morgan fingerprint density at radius 3 is 1.09 bits per heavy atom. The molecule has 0 atom stereocenters. The van der Waals surface area contributed by atoms with Gasteiger partial charge in [0.15, 0.2) is 0 Å². The van der Waals surface area contributed by atoms with Crippen LogP contribution in [0.15, 0.2) is 48.5 Å². The second kappa shape index (κ2) is 15.1. The molecule has 2 N–H and O–H groups in total. The number of hydrogen-bond acceptors (Lipinski definition) is 2. The highest BCUT2D eigenvalue weighted by Gasteiger charge is 2.05. The van der Waals surface area contributed by atoms with E-state index in [0.717, 1.165) is 25.7 Å². The maximum absolute atomic E-state index is 12.9. The van der Waals surface area contributed by atoms with E-state index in [-0.39, 0.29) is 23.4 Å². The Morgan fingerprint density at radius 1 is 0.500 bits per heavy atom. The third-order valence-electron chi connectivity index (χ3n) is 5.39. The van der Waals surface area contributed by atoms with E-state index in [4.69, 9.17) is 0 Å². The predicted molar refractivity (Wildman–Crippen MR) is 124 cm³/mol. The van der Waals surface area contributed by atoms with Crippen molar-refractivity contribution in [2.75, 3.05) is 13.1 Å². The first-order valence-corrected chi connectivity index (χ1v) is 11.6. The summed E-state index contributed by atoms with van der Waals surface area (Å²) in [6, 6.07) is 11.2. The van der Waals surface area contributed by atoms with Crippen LogP contribution in [0.3, 0.4) is 0 Å². The Morgan fingerprint density at radius 2 is 0.781 bits per heavy atom. The first-order chi connectivity index (χ1) is 15.6. The van der Waals surface area contributed by atoms with Gasteiger partial charge in [0.1, 0.15) is 11.6 Å². The van der Waals surface area contributed by atoms with Crippen molar-refractivity contribution in [1.82, 2.24) is 10.6 Å². The third-order valence-corrected chi connectivity index (χ3v) is 5.39. The van der Waals surface area contributed by atoms with E-state index in [0.29, 0.717) is 24.2 Å². The van der Waals surface area contributed by atoms with Gasteiger partial charge in [0.2, 0.25) is 0 Å². The Bertz CT molecular complexity index is 738. The number of unbranched alkanes of at least 4 members (excludes halogenated alkanes) is 9. The maximum Gasteiger partial charge on any atom is 0.251 e. The fraction of sp³-hybridized carbons (Fsp3) is 0.462. The number of hydrogen-bond donors (Lipinski definition) is 2. The van der Waals surface area contributed by atoms with Crippen LogP contribution in [0.2, 0.25) is 0 Å². The summed E-state index contributed by atoms with van der Waals surface area (Å²) in [4.78, 5) is 23.8. The molecule has 174 valence electrons. The van der Waals surface area contributed by atoms with Gasteiger partial charge in [0, 0.05) is 24.2 Å². The summed E-state index contributed by atoms with van der Waals surface area (Å²) in [7, 11) is 0. The van der Waals surface area contributed by atoms with Crippen LogP contribution in [0.5, 0.6) is 0 Å². The number of amides is 2. The summed E-state index contributed by atoms with van der Waals surface area (Å²) in [6.07, 6.45) is 11.3. The lowest BCUT2D eigenvalue weighted by atomic mass is 10.1. The van der Waals surface area contributed by atoms with Crippen molar-refractivity contribution in [3.63, 3.8) is 0 Å². The standard InChI is InChI=1S/C26H34F2N2O2/c27-23-15-11-21(12-16-23)25(31)29-19-9-7-5-3-1-2-4-6-8-10-20-30-26(32)22-13-17-24(28)18-14-22/h11-18H,1-10,19-20H2,(H,29,31)(H,30,32). The van der Waals surface area contributed by atoms with Gasteiger partial charge in [-0.1, -0.05) is 51.4 Å². The van der Waals surface area contributed by atoms with Crippen LogP contribution in [0.25, 0.3) is 0 Å². The lowest BCUT2D eigenvalue weighted by molar-refractivity contribution is 0.0944. The molecule has 0 heterocycles. The first kappa shape index (κ1) is 25.5. The number of rotatable bonds is 15. The summed E-state index contributed by atoms with van der Waals surface area (Å²) in [6.45, 7) is 1.29. The monoisotopic (exact) mass is 444 g/mol. The lowest BCUT2D eigenvalue weighted by Gasteiger charge is -2.06. The highest BCUT2D eigenvalue weighted by Crippen LogP contribution is 2.11. The average Bonchev–Trinajstić information content (AvgIpc) is 2.80. The largest absolute Gasteiger partial charge is 0.352 e. The molecule has 4 nitrogen and oxygen atoms in total. The molecule has 0 aromatic heterocycles. The van der Waals surface area contributed by atoms with Crippen LogP contribution in [-0.2, 0) is 0 Å². The van der Waals surface area contributed by atoms with Crippen LogP contribution in [-0.4, -0.2) is 24.9 Å². The number of carbonyl (C=O) groups is 2. The minimum atomic E-state index is -0.339. The van der Waals surface area contributed by atoms with E-state index >= 15 is 0 Å². The second-order valence-corrected chi connectivity index (χ2v) is 8.06. The van der Waals surface area contributed by atoms with Crippen LogP contribution in [0, 0.1) is 11.6 Å². The van der Waals surface area contributed by atoms with Gasteiger partial charge in [0.25, 0.3) is 11.8 Å². The van der Waals surface area contributed by atoms with Crippen LogP contribution < -0.4 is 10.6 Å². The van der Waals surface area contributed by atoms with Crippen molar-refractivity contribution in [2.45, 2.75) is 64.2 Å². The summed E-state index contributed by atoms with van der Waals surface area (Å²) in [5.41, 5.74) is 0.975. The van der Waals surface area contributed by atoms with Gasteiger partial charge in [-0.3, -0.25) is 9.59 Å². The molecular formula is C26H34F2N2O2. The third kappa shape index (κ3) is 10.5. The smallest absolute Gasteiger partial charge is 0.251 e. The molecule has 0 aliphatic carbocycles. The van der Waals surface area contributed by atoms with Gasteiger partial charge in [-0.2, -0.15) is 0 Å². The molecule has 6 heteroatoms. The normalized spacial score (nSPS) is 10.7. The Kier molecular flexibility index (Phi) is 12.0. The average molecular weight is 445 g/mol. The fourth-order valence-electron chi connectivity index (χ4n) is 3.47.